The van der Waals surface area contributed by atoms with Gasteiger partial charge in [-0.1, -0.05) is 17.3 Å². The van der Waals surface area contributed by atoms with Gasteiger partial charge in [0.2, 0.25) is 0 Å². The van der Waals surface area contributed by atoms with E-state index in [0.29, 0.717) is 24.2 Å². The van der Waals surface area contributed by atoms with E-state index in [0.717, 1.165) is 22.7 Å². The number of benzene rings is 1. The van der Waals surface area contributed by atoms with Gasteiger partial charge in [-0.2, -0.15) is 18.4 Å². The fourth-order valence-electron chi connectivity index (χ4n) is 2.13. The zero-order valence-corrected chi connectivity index (χ0v) is 12.9. The van der Waals surface area contributed by atoms with Crippen LogP contribution in [0.1, 0.15) is 21.8 Å². The summed E-state index contributed by atoms with van der Waals surface area (Å²) in [4.78, 5) is 4.40. The Labute approximate surface area is 138 Å². The van der Waals surface area contributed by atoms with Gasteiger partial charge in [0.1, 0.15) is 17.5 Å². The van der Waals surface area contributed by atoms with Crippen molar-refractivity contribution in [2.45, 2.75) is 19.0 Å². The van der Waals surface area contributed by atoms with Crippen LogP contribution in [0.15, 0.2) is 29.6 Å². The molecule has 24 heavy (non-hydrogen) atoms. The van der Waals surface area contributed by atoms with Gasteiger partial charge in [0.05, 0.1) is 10.6 Å². The first-order valence-electron chi connectivity index (χ1n) is 6.89. The van der Waals surface area contributed by atoms with Crippen molar-refractivity contribution in [3.05, 3.63) is 51.5 Å². The minimum absolute atomic E-state index is 0.245. The first-order valence-corrected chi connectivity index (χ1v) is 7.77. The van der Waals surface area contributed by atoms with Crippen LogP contribution in [0.2, 0.25) is 0 Å². The Morgan fingerprint density at radius 1 is 1.17 bits per heavy atom. The standard InChI is InChI=1S/C15H10F3N5S/c16-15(17,18)10-4-1-9(2-5-10)3-6-13-20-12(8-24-13)14-11(7-19)21-23-22-14/h1-2,4-5,8H,3,6H2,(H,21,22,23). The summed E-state index contributed by atoms with van der Waals surface area (Å²) in [5.74, 6) is 0. The molecule has 122 valence electrons. The van der Waals surface area contributed by atoms with Gasteiger partial charge in [-0.15, -0.1) is 16.4 Å². The lowest BCUT2D eigenvalue weighted by molar-refractivity contribution is -0.137. The van der Waals surface area contributed by atoms with Gasteiger partial charge in [0.15, 0.2) is 5.69 Å². The number of nitrogens with one attached hydrogen (secondary N) is 1. The minimum atomic E-state index is -4.32. The maximum absolute atomic E-state index is 12.5. The van der Waals surface area contributed by atoms with E-state index in [4.69, 9.17) is 5.26 Å². The van der Waals surface area contributed by atoms with E-state index in [2.05, 4.69) is 20.4 Å². The molecule has 0 fully saturated rings. The molecule has 3 rings (SSSR count). The van der Waals surface area contributed by atoms with Crippen LogP contribution in [-0.2, 0) is 19.0 Å². The second-order valence-corrected chi connectivity index (χ2v) is 5.91. The molecular weight excluding hydrogens is 339 g/mol. The number of aromatic nitrogens is 4. The Bertz CT molecular complexity index is 874. The monoisotopic (exact) mass is 349 g/mol. The molecule has 0 aliphatic rings. The van der Waals surface area contributed by atoms with Gasteiger partial charge in [-0.3, -0.25) is 0 Å². The third-order valence-electron chi connectivity index (χ3n) is 3.36. The molecule has 9 heteroatoms. The fraction of sp³-hybridized carbons (Fsp3) is 0.200. The molecule has 0 saturated carbocycles. The van der Waals surface area contributed by atoms with Crippen LogP contribution in [0.25, 0.3) is 11.4 Å². The lowest BCUT2D eigenvalue weighted by Crippen LogP contribution is -2.04. The van der Waals surface area contributed by atoms with Gasteiger partial charge in [-0.25, -0.2) is 10.1 Å². The number of aromatic amines is 1. The normalized spacial score (nSPS) is 11.4. The van der Waals surface area contributed by atoms with Gasteiger partial charge in [0.25, 0.3) is 0 Å². The van der Waals surface area contributed by atoms with Crippen molar-refractivity contribution in [3.8, 4) is 17.5 Å². The van der Waals surface area contributed by atoms with E-state index < -0.39 is 11.7 Å². The van der Waals surface area contributed by atoms with Crippen molar-refractivity contribution in [1.29, 1.82) is 5.26 Å². The summed E-state index contributed by atoms with van der Waals surface area (Å²) in [6, 6.07) is 7.06. The number of alkyl halides is 3. The van der Waals surface area contributed by atoms with E-state index in [1.54, 1.807) is 5.38 Å². The SMILES string of the molecule is N#Cc1[nH]nnc1-c1csc(CCc2ccc(C(F)(F)F)cc2)n1. The summed E-state index contributed by atoms with van der Waals surface area (Å²) in [6.45, 7) is 0. The molecule has 0 aliphatic heterocycles. The van der Waals surface area contributed by atoms with Gasteiger partial charge >= 0.3 is 6.18 Å². The predicted molar refractivity (Wildman–Crippen MR) is 81.1 cm³/mol. The maximum atomic E-state index is 12.5. The van der Waals surface area contributed by atoms with Gasteiger partial charge < -0.3 is 0 Å². The zero-order chi connectivity index (χ0) is 17.2. The number of H-pyrrole nitrogens is 1. The average Bonchev–Trinajstić information content (AvgIpc) is 3.21. The third kappa shape index (κ3) is 3.44. The molecule has 2 heterocycles. The molecule has 0 amide bonds. The highest BCUT2D eigenvalue weighted by Gasteiger charge is 2.29. The van der Waals surface area contributed by atoms with Gasteiger partial charge in [-0.05, 0) is 24.1 Å². The molecule has 0 saturated heterocycles. The highest BCUT2D eigenvalue weighted by molar-refractivity contribution is 7.09. The quantitative estimate of drug-likeness (QED) is 0.780. The van der Waals surface area contributed by atoms with E-state index in [-0.39, 0.29) is 5.69 Å². The molecule has 1 N–H and O–H groups in total. The molecule has 3 aromatic rings. The topological polar surface area (TPSA) is 78.2 Å². The zero-order valence-electron chi connectivity index (χ0n) is 12.1. The molecule has 0 spiro atoms. The van der Waals surface area contributed by atoms with Crippen molar-refractivity contribution in [3.63, 3.8) is 0 Å². The number of thiazole rings is 1. The second kappa shape index (κ2) is 6.41. The van der Waals surface area contributed by atoms with Crippen LogP contribution in [-0.4, -0.2) is 20.4 Å². The van der Waals surface area contributed by atoms with Crippen molar-refractivity contribution in [2.75, 3.05) is 0 Å². The molecule has 1 aromatic carbocycles. The Hall–Kier alpha value is -2.73. The number of hydrogen-bond acceptors (Lipinski definition) is 5. The van der Waals surface area contributed by atoms with E-state index in [9.17, 15) is 13.2 Å². The van der Waals surface area contributed by atoms with Crippen LogP contribution in [0, 0.1) is 11.3 Å². The third-order valence-corrected chi connectivity index (χ3v) is 4.27. The van der Waals surface area contributed by atoms with E-state index >= 15 is 0 Å². The number of nitriles is 1. The number of halogens is 3. The maximum Gasteiger partial charge on any atom is 0.416 e. The average molecular weight is 349 g/mol. The first kappa shape index (κ1) is 16.1. The second-order valence-electron chi connectivity index (χ2n) is 4.97. The number of nitrogens with zero attached hydrogens (tertiary/aromatic N) is 4. The predicted octanol–water partition coefficient (Wildman–Crippen LogP) is 3.60. The van der Waals surface area contributed by atoms with E-state index in [1.807, 2.05) is 6.07 Å². The molecule has 0 atom stereocenters. The number of rotatable bonds is 4. The summed E-state index contributed by atoms with van der Waals surface area (Å²) >= 11 is 1.41. The molecule has 0 radical (unpaired) electrons. The summed E-state index contributed by atoms with van der Waals surface area (Å²) in [5.41, 5.74) is 1.36. The molecule has 2 aromatic heterocycles. The van der Waals surface area contributed by atoms with Crippen molar-refractivity contribution in [1.82, 2.24) is 20.4 Å². The Morgan fingerprint density at radius 3 is 2.58 bits per heavy atom. The van der Waals surface area contributed by atoms with Crippen LogP contribution >= 0.6 is 11.3 Å². The summed E-state index contributed by atoms with van der Waals surface area (Å²) in [7, 11) is 0. The summed E-state index contributed by atoms with van der Waals surface area (Å²) in [5, 5.41) is 21.4. The van der Waals surface area contributed by atoms with Gasteiger partial charge in [0, 0.05) is 11.8 Å². The molecular formula is C15H10F3N5S. The van der Waals surface area contributed by atoms with E-state index in [1.165, 1.54) is 23.5 Å². The number of aryl methyl sites for hydroxylation is 2. The minimum Gasteiger partial charge on any atom is -0.247 e. The lowest BCUT2D eigenvalue weighted by atomic mass is 10.1. The van der Waals surface area contributed by atoms with Crippen molar-refractivity contribution in [2.24, 2.45) is 0 Å². The Morgan fingerprint density at radius 2 is 1.92 bits per heavy atom. The molecule has 0 unspecified atom stereocenters. The largest absolute Gasteiger partial charge is 0.416 e. The fourth-order valence-corrected chi connectivity index (χ4v) is 2.91. The van der Waals surface area contributed by atoms with Crippen LogP contribution in [0.3, 0.4) is 0 Å². The lowest BCUT2D eigenvalue weighted by Gasteiger charge is -2.07. The summed E-state index contributed by atoms with van der Waals surface area (Å²) in [6.07, 6.45) is -3.15. The highest BCUT2D eigenvalue weighted by atomic mass is 32.1. The van der Waals surface area contributed by atoms with Crippen LogP contribution < -0.4 is 0 Å². The Balaban J connectivity index is 1.67. The molecule has 5 nitrogen and oxygen atoms in total. The van der Waals surface area contributed by atoms with Crippen LogP contribution in [0.4, 0.5) is 13.2 Å². The first-order chi connectivity index (χ1) is 11.5. The van der Waals surface area contributed by atoms with Crippen molar-refractivity contribution < 1.29 is 13.2 Å². The van der Waals surface area contributed by atoms with Crippen LogP contribution in [0.5, 0.6) is 0 Å². The highest BCUT2D eigenvalue weighted by Crippen LogP contribution is 2.29. The smallest absolute Gasteiger partial charge is 0.247 e. The van der Waals surface area contributed by atoms with Crippen molar-refractivity contribution >= 4 is 11.3 Å². The Kier molecular flexibility index (Phi) is 4.31. The molecule has 0 bridgehead atoms. The number of hydrogen-bond donors (Lipinski definition) is 1. The molecule has 0 aliphatic carbocycles. The summed E-state index contributed by atoms with van der Waals surface area (Å²) < 4.78 is 37.6.